The van der Waals surface area contributed by atoms with Gasteiger partial charge in [-0.2, -0.15) is 0 Å². The summed E-state index contributed by atoms with van der Waals surface area (Å²) >= 11 is 0. The summed E-state index contributed by atoms with van der Waals surface area (Å²) in [4.78, 5) is 27.8. The minimum absolute atomic E-state index is 0.147. The second-order valence-electron chi connectivity index (χ2n) is 7.88. The first kappa shape index (κ1) is 21.4. The number of rotatable bonds is 8. The quantitative estimate of drug-likeness (QED) is 0.419. The fraction of sp³-hybridized carbons (Fsp3) is 0.231. The molecule has 4 rings (SSSR count). The smallest absolute Gasteiger partial charge is 0.267 e. The molecule has 32 heavy (non-hydrogen) atoms. The summed E-state index contributed by atoms with van der Waals surface area (Å²) in [5.41, 5.74) is 3.28. The van der Waals surface area contributed by atoms with Crippen molar-refractivity contribution in [3.05, 3.63) is 95.6 Å². The highest BCUT2D eigenvalue weighted by molar-refractivity contribution is 6.05. The molecular weight excluding hydrogens is 402 g/mol. The zero-order valence-electron chi connectivity index (χ0n) is 18.1. The van der Waals surface area contributed by atoms with Crippen LogP contribution in [0.25, 0.3) is 6.08 Å². The number of hydrogen-bond acceptors (Lipinski definition) is 4. The Morgan fingerprint density at radius 1 is 1.06 bits per heavy atom. The van der Waals surface area contributed by atoms with Crippen LogP contribution < -0.4 is 15.5 Å². The molecule has 1 aliphatic heterocycles. The first-order valence-corrected chi connectivity index (χ1v) is 10.9. The van der Waals surface area contributed by atoms with Crippen LogP contribution in [0, 0.1) is 0 Å². The fourth-order valence-electron chi connectivity index (χ4n) is 3.97. The van der Waals surface area contributed by atoms with E-state index in [1.54, 1.807) is 36.4 Å². The highest BCUT2D eigenvalue weighted by Crippen LogP contribution is 2.31. The minimum Gasteiger partial charge on any atom is -0.465 e. The number of nitrogens with one attached hydrogen (secondary N) is 2. The standard InChI is InChI=1S/C26H27N3O3/c1-19-17-21-11-5-6-13-24(21)29(19)15-8-14-27-26(31)23(18-22-12-7-16-32-22)28-25(30)20-9-3-2-4-10-20/h2-7,9-13,16,18-19H,8,14-15,17H2,1H3,(H,27,31)(H,28,30)/b23-18-. The third-order valence-corrected chi connectivity index (χ3v) is 5.57. The van der Waals surface area contributed by atoms with E-state index in [9.17, 15) is 9.59 Å². The molecule has 0 saturated heterocycles. The average molecular weight is 430 g/mol. The normalized spacial score (nSPS) is 15.3. The van der Waals surface area contributed by atoms with Crippen LogP contribution in [0.2, 0.25) is 0 Å². The Morgan fingerprint density at radius 2 is 1.84 bits per heavy atom. The molecule has 0 fully saturated rings. The van der Waals surface area contributed by atoms with Gasteiger partial charge in [-0.25, -0.2) is 0 Å². The molecule has 2 heterocycles. The molecule has 1 unspecified atom stereocenters. The van der Waals surface area contributed by atoms with E-state index in [2.05, 4.69) is 46.7 Å². The van der Waals surface area contributed by atoms with E-state index in [-0.39, 0.29) is 17.5 Å². The van der Waals surface area contributed by atoms with Crippen LogP contribution in [0.3, 0.4) is 0 Å². The van der Waals surface area contributed by atoms with Gasteiger partial charge in [-0.3, -0.25) is 9.59 Å². The highest BCUT2D eigenvalue weighted by atomic mass is 16.3. The predicted octanol–water partition coefficient (Wildman–Crippen LogP) is 4.01. The largest absolute Gasteiger partial charge is 0.465 e. The van der Waals surface area contributed by atoms with Gasteiger partial charge in [0.05, 0.1) is 6.26 Å². The maximum Gasteiger partial charge on any atom is 0.267 e. The number of anilines is 1. The third-order valence-electron chi connectivity index (χ3n) is 5.57. The number of fused-ring (bicyclic) bond motifs is 1. The lowest BCUT2D eigenvalue weighted by Gasteiger charge is -2.25. The van der Waals surface area contributed by atoms with E-state index in [1.807, 2.05) is 6.07 Å². The van der Waals surface area contributed by atoms with Gasteiger partial charge in [0.1, 0.15) is 11.5 Å². The van der Waals surface area contributed by atoms with Crippen molar-refractivity contribution in [2.75, 3.05) is 18.0 Å². The molecule has 2 amide bonds. The number of carbonyl (C=O) groups is 2. The Morgan fingerprint density at radius 3 is 2.62 bits per heavy atom. The molecule has 1 aliphatic rings. The lowest BCUT2D eigenvalue weighted by Crippen LogP contribution is -2.37. The topological polar surface area (TPSA) is 74.6 Å². The summed E-state index contributed by atoms with van der Waals surface area (Å²) in [6.07, 6.45) is 4.90. The maximum atomic E-state index is 12.8. The molecule has 0 radical (unpaired) electrons. The molecule has 6 nitrogen and oxygen atoms in total. The number of nitrogens with zero attached hydrogens (tertiary/aromatic N) is 1. The van der Waals surface area contributed by atoms with Crippen molar-refractivity contribution in [2.24, 2.45) is 0 Å². The molecule has 0 saturated carbocycles. The van der Waals surface area contributed by atoms with E-state index >= 15 is 0 Å². The van der Waals surface area contributed by atoms with Gasteiger partial charge in [0.25, 0.3) is 11.8 Å². The van der Waals surface area contributed by atoms with Crippen molar-refractivity contribution < 1.29 is 14.0 Å². The van der Waals surface area contributed by atoms with Crippen LogP contribution in [0.15, 0.2) is 83.1 Å². The third kappa shape index (κ3) is 5.09. The van der Waals surface area contributed by atoms with Crippen LogP contribution in [0.5, 0.6) is 0 Å². The summed E-state index contributed by atoms with van der Waals surface area (Å²) in [5, 5.41) is 5.64. The van der Waals surface area contributed by atoms with E-state index < -0.39 is 0 Å². The molecular formula is C26H27N3O3. The Balaban J connectivity index is 1.36. The Labute approximate surface area is 187 Å². The molecule has 0 spiro atoms. The van der Waals surface area contributed by atoms with E-state index in [4.69, 9.17) is 4.42 Å². The van der Waals surface area contributed by atoms with Crippen molar-refractivity contribution in [2.45, 2.75) is 25.8 Å². The highest BCUT2D eigenvalue weighted by Gasteiger charge is 2.24. The summed E-state index contributed by atoms with van der Waals surface area (Å²) in [6.45, 7) is 3.58. The number of hydrogen-bond donors (Lipinski definition) is 2. The van der Waals surface area contributed by atoms with Gasteiger partial charge in [0, 0.05) is 36.5 Å². The summed E-state index contributed by atoms with van der Waals surface area (Å²) < 4.78 is 5.33. The van der Waals surface area contributed by atoms with E-state index in [1.165, 1.54) is 23.6 Å². The van der Waals surface area contributed by atoms with Crippen molar-refractivity contribution in [3.63, 3.8) is 0 Å². The van der Waals surface area contributed by atoms with E-state index in [0.717, 1.165) is 19.4 Å². The van der Waals surface area contributed by atoms with Crippen LogP contribution >= 0.6 is 0 Å². The predicted molar refractivity (Wildman–Crippen MR) is 125 cm³/mol. The van der Waals surface area contributed by atoms with Crippen LogP contribution in [0.1, 0.15) is 35.0 Å². The van der Waals surface area contributed by atoms with Crippen LogP contribution in [-0.4, -0.2) is 30.9 Å². The van der Waals surface area contributed by atoms with Gasteiger partial charge >= 0.3 is 0 Å². The number of para-hydroxylation sites is 1. The number of furan rings is 1. The minimum atomic E-state index is -0.347. The van der Waals surface area contributed by atoms with E-state index in [0.29, 0.717) is 23.9 Å². The molecule has 1 aromatic heterocycles. The number of carbonyl (C=O) groups excluding carboxylic acids is 2. The first-order chi connectivity index (χ1) is 15.6. The Kier molecular flexibility index (Phi) is 6.70. The molecule has 2 N–H and O–H groups in total. The second kappa shape index (κ2) is 10.0. The van der Waals surface area contributed by atoms with Gasteiger partial charge < -0.3 is 20.0 Å². The lowest BCUT2D eigenvalue weighted by molar-refractivity contribution is -0.117. The zero-order valence-corrected chi connectivity index (χ0v) is 18.1. The van der Waals surface area contributed by atoms with Gasteiger partial charge in [0.15, 0.2) is 0 Å². The molecule has 164 valence electrons. The average Bonchev–Trinajstić information content (AvgIpc) is 3.43. The van der Waals surface area contributed by atoms with Gasteiger partial charge in [-0.05, 0) is 55.7 Å². The summed E-state index contributed by atoms with van der Waals surface area (Å²) in [5.74, 6) is -0.201. The van der Waals surface area contributed by atoms with Gasteiger partial charge in [-0.1, -0.05) is 36.4 Å². The monoisotopic (exact) mass is 429 g/mol. The number of benzene rings is 2. The van der Waals surface area contributed by atoms with Crippen molar-refractivity contribution in [1.82, 2.24) is 10.6 Å². The van der Waals surface area contributed by atoms with Gasteiger partial charge in [-0.15, -0.1) is 0 Å². The molecule has 0 bridgehead atoms. The fourth-order valence-corrected chi connectivity index (χ4v) is 3.97. The second-order valence-corrected chi connectivity index (χ2v) is 7.88. The molecule has 0 aliphatic carbocycles. The Hall–Kier alpha value is -3.80. The SMILES string of the molecule is CC1Cc2ccccc2N1CCCNC(=O)/C(=C/c1ccco1)NC(=O)c1ccccc1. The number of amides is 2. The van der Waals surface area contributed by atoms with Gasteiger partial charge in [0.2, 0.25) is 0 Å². The molecule has 1 atom stereocenters. The molecule has 2 aromatic carbocycles. The molecule has 3 aromatic rings. The van der Waals surface area contributed by atoms with Crippen LogP contribution in [-0.2, 0) is 11.2 Å². The lowest BCUT2D eigenvalue weighted by atomic mass is 10.1. The van der Waals surface area contributed by atoms with Crippen molar-refractivity contribution in [1.29, 1.82) is 0 Å². The van der Waals surface area contributed by atoms with Crippen molar-refractivity contribution in [3.8, 4) is 0 Å². The zero-order chi connectivity index (χ0) is 22.3. The molecule has 6 heteroatoms. The van der Waals surface area contributed by atoms with Crippen LogP contribution in [0.4, 0.5) is 5.69 Å². The van der Waals surface area contributed by atoms with Crippen molar-refractivity contribution >= 4 is 23.6 Å². The first-order valence-electron chi connectivity index (χ1n) is 10.9. The maximum absolute atomic E-state index is 12.8. The summed E-state index contributed by atoms with van der Waals surface area (Å²) in [6, 6.07) is 21.2. The summed E-state index contributed by atoms with van der Waals surface area (Å²) in [7, 11) is 0. The Bertz CT molecular complexity index is 1090.